The largest absolute Gasteiger partial charge is 0.416 e. The third-order valence-electron chi connectivity index (χ3n) is 6.36. The molecule has 0 saturated carbocycles. The number of halogens is 6. The molecule has 3 aromatic carbocycles. The predicted octanol–water partition coefficient (Wildman–Crippen LogP) is 4.12. The Morgan fingerprint density at radius 3 is 2.44 bits per heavy atom. The second kappa shape index (κ2) is 9.22. The smallest absolute Gasteiger partial charge is 0.363 e. The van der Waals surface area contributed by atoms with Gasteiger partial charge < -0.3 is 15.7 Å². The van der Waals surface area contributed by atoms with Gasteiger partial charge in [-0.1, -0.05) is 11.6 Å². The van der Waals surface area contributed by atoms with Crippen molar-refractivity contribution in [3.63, 3.8) is 0 Å². The normalized spacial score (nSPS) is 17.0. The number of fused-ring (bicyclic) bond motifs is 3. The number of amides is 2. The van der Waals surface area contributed by atoms with Crippen molar-refractivity contribution < 1.29 is 45.1 Å². The number of rotatable bonds is 4. The Morgan fingerprint density at radius 2 is 1.80 bits per heavy atom. The number of aromatic nitrogens is 2. The lowest BCUT2D eigenvalue weighted by Gasteiger charge is -2.27. The van der Waals surface area contributed by atoms with Gasteiger partial charge in [0.1, 0.15) is 17.2 Å². The van der Waals surface area contributed by atoms with Crippen molar-refractivity contribution in [2.75, 3.05) is 11.6 Å². The fraction of sp³-hybridized carbons (Fsp3) is 0.160. The second-order valence-electron chi connectivity index (χ2n) is 9.24. The first-order valence-corrected chi connectivity index (χ1v) is 13.6. The van der Waals surface area contributed by atoms with Crippen LogP contribution in [0.4, 0.5) is 27.6 Å². The van der Waals surface area contributed by atoms with Gasteiger partial charge in [-0.3, -0.25) is 14.3 Å². The molecule has 2 amide bonds. The number of carbonyl (C=O) groups excluding carboxylic acids is 2. The summed E-state index contributed by atoms with van der Waals surface area (Å²) in [6.07, 6.45) is -4.15. The topological polar surface area (TPSA) is 130 Å². The summed E-state index contributed by atoms with van der Waals surface area (Å²) in [5, 5.41) is 19.5. The molecule has 0 bridgehead atoms. The summed E-state index contributed by atoms with van der Waals surface area (Å²) in [4.78, 5) is 26.4. The monoisotopic (exact) mass is 614 g/mol. The summed E-state index contributed by atoms with van der Waals surface area (Å²) >= 11 is 6.21. The number of nitrogens with one attached hydrogen (secondary N) is 2. The van der Waals surface area contributed by atoms with E-state index in [2.05, 4.69) is 15.7 Å². The number of aryl methyl sites for hydroxylation is 1. The van der Waals surface area contributed by atoms with Crippen molar-refractivity contribution in [3.05, 3.63) is 86.9 Å². The molecular formula is C25H16ClF5N4O5S. The zero-order chi connectivity index (χ0) is 30.2. The van der Waals surface area contributed by atoms with E-state index in [4.69, 9.17) is 11.6 Å². The van der Waals surface area contributed by atoms with E-state index in [-0.39, 0.29) is 27.6 Å². The molecule has 41 heavy (non-hydrogen) atoms. The van der Waals surface area contributed by atoms with Crippen LogP contribution in [0.1, 0.15) is 37.4 Å². The van der Waals surface area contributed by atoms with Gasteiger partial charge in [-0.2, -0.15) is 18.3 Å². The van der Waals surface area contributed by atoms with Crippen LogP contribution in [0.15, 0.2) is 47.5 Å². The minimum atomic E-state index is -5.00. The summed E-state index contributed by atoms with van der Waals surface area (Å²) in [5.74, 6) is -4.58. The molecule has 16 heteroatoms. The first kappa shape index (κ1) is 28.4. The van der Waals surface area contributed by atoms with Crippen molar-refractivity contribution in [2.45, 2.75) is 16.9 Å². The molecule has 0 fully saturated rings. The summed E-state index contributed by atoms with van der Waals surface area (Å²) in [6, 6.07) is 4.96. The van der Waals surface area contributed by atoms with Crippen LogP contribution >= 0.6 is 11.6 Å². The van der Waals surface area contributed by atoms with Crippen LogP contribution in [0.3, 0.4) is 0 Å². The van der Waals surface area contributed by atoms with E-state index in [0.29, 0.717) is 12.1 Å². The predicted molar refractivity (Wildman–Crippen MR) is 135 cm³/mol. The summed E-state index contributed by atoms with van der Waals surface area (Å²) in [7, 11) is -2.76. The first-order valence-electron chi connectivity index (χ1n) is 11.4. The van der Waals surface area contributed by atoms with E-state index in [1.807, 2.05) is 0 Å². The van der Waals surface area contributed by atoms with Crippen LogP contribution in [0.5, 0.6) is 0 Å². The van der Waals surface area contributed by atoms with E-state index < -0.39 is 78.2 Å². The van der Waals surface area contributed by atoms with Crippen LogP contribution in [0.25, 0.3) is 10.9 Å². The zero-order valence-corrected chi connectivity index (χ0v) is 22.3. The first-order chi connectivity index (χ1) is 18.9. The van der Waals surface area contributed by atoms with E-state index in [9.17, 15) is 45.1 Å². The van der Waals surface area contributed by atoms with E-state index >= 15 is 0 Å². The molecule has 1 atom stereocenters. The molecule has 1 aliphatic rings. The van der Waals surface area contributed by atoms with E-state index in [1.165, 1.54) is 7.05 Å². The van der Waals surface area contributed by atoms with Gasteiger partial charge in [0.25, 0.3) is 11.8 Å². The number of benzene rings is 3. The Labute approximate surface area is 232 Å². The fourth-order valence-electron chi connectivity index (χ4n) is 4.79. The lowest BCUT2D eigenvalue weighted by Crippen LogP contribution is -2.41. The molecule has 1 unspecified atom stereocenters. The molecule has 0 saturated heterocycles. The maximum absolute atomic E-state index is 14.2. The molecule has 2 heterocycles. The van der Waals surface area contributed by atoms with Gasteiger partial charge >= 0.3 is 6.18 Å². The van der Waals surface area contributed by atoms with E-state index in [1.54, 1.807) is 0 Å². The third-order valence-corrected chi connectivity index (χ3v) is 7.88. The van der Waals surface area contributed by atoms with Crippen LogP contribution in [-0.2, 0) is 28.8 Å². The standard InChI is InChI=1S/C25H16ClF5N4O5S/c1-35-23(41(2,39)40)14-9-17(32-21(36)10-5-11(25(29,30)31)7-13(28)6-10)19-18(20(14)34-35)22(37)33-24(19,38)15-8-12(27)3-4-16(15)26/h3-9,38H,1-2H3,(H,32,36)(H,33,37). The van der Waals surface area contributed by atoms with Crippen LogP contribution < -0.4 is 10.6 Å². The third kappa shape index (κ3) is 4.69. The number of nitrogens with zero attached hydrogens (tertiary/aromatic N) is 2. The maximum Gasteiger partial charge on any atom is 0.416 e. The van der Waals surface area contributed by atoms with Gasteiger partial charge in [-0.25, -0.2) is 17.2 Å². The highest BCUT2D eigenvalue weighted by Gasteiger charge is 2.48. The second-order valence-corrected chi connectivity index (χ2v) is 11.6. The highest BCUT2D eigenvalue weighted by molar-refractivity contribution is 7.90. The average molecular weight is 615 g/mol. The lowest BCUT2D eigenvalue weighted by atomic mass is 9.91. The summed E-state index contributed by atoms with van der Waals surface area (Å²) < 4.78 is 94.1. The van der Waals surface area contributed by atoms with Crippen LogP contribution in [-0.4, -0.2) is 41.4 Å². The van der Waals surface area contributed by atoms with Gasteiger partial charge in [-0.05, 0) is 42.5 Å². The molecule has 1 aromatic heterocycles. The zero-order valence-electron chi connectivity index (χ0n) is 20.7. The number of hydrogen-bond donors (Lipinski definition) is 3. The molecule has 3 N–H and O–H groups in total. The van der Waals surface area contributed by atoms with Crippen molar-refractivity contribution in [3.8, 4) is 0 Å². The SMILES string of the molecule is Cn1nc2c3c(c(NC(=O)c4cc(F)cc(C(F)(F)F)c4)cc2c1S(C)(=O)=O)C(O)(c1cc(F)ccc1Cl)NC3=O. The van der Waals surface area contributed by atoms with Gasteiger partial charge in [0, 0.05) is 40.4 Å². The Morgan fingerprint density at radius 1 is 1.12 bits per heavy atom. The number of aliphatic hydroxyl groups is 1. The van der Waals surface area contributed by atoms with Crippen LogP contribution in [0, 0.1) is 11.6 Å². The molecule has 0 radical (unpaired) electrons. The van der Waals surface area contributed by atoms with Crippen LogP contribution in [0.2, 0.25) is 5.02 Å². The highest BCUT2D eigenvalue weighted by atomic mass is 35.5. The van der Waals surface area contributed by atoms with Gasteiger partial charge in [0.15, 0.2) is 20.6 Å². The molecule has 1 aliphatic heterocycles. The molecule has 214 valence electrons. The fourth-order valence-corrected chi connectivity index (χ4v) is 6.12. The molecule has 4 aromatic rings. The number of carbonyl (C=O) groups is 2. The van der Waals surface area contributed by atoms with Crippen molar-refractivity contribution >= 4 is 49.8 Å². The lowest BCUT2D eigenvalue weighted by molar-refractivity contribution is -0.137. The molecule has 0 aliphatic carbocycles. The number of alkyl halides is 3. The van der Waals surface area contributed by atoms with E-state index in [0.717, 1.165) is 35.2 Å². The Bertz CT molecular complexity index is 1930. The maximum atomic E-state index is 14.2. The molecule has 9 nitrogen and oxygen atoms in total. The minimum Gasteiger partial charge on any atom is -0.363 e. The minimum absolute atomic E-state index is 0.182. The molecular weight excluding hydrogens is 599 g/mol. The number of hydrogen-bond acceptors (Lipinski definition) is 6. The Balaban J connectivity index is 1.81. The molecule has 0 spiro atoms. The van der Waals surface area contributed by atoms with Crippen molar-refractivity contribution in [2.24, 2.45) is 7.05 Å². The van der Waals surface area contributed by atoms with Gasteiger partial charge in [-0.15, -0.1) is 0 Å². The Kier molecular flexibility index (Phi) is 6.40. The van der Waals surface area contributed by atoms with Gasteiger partial charge in [0.05, 0.1) is 16.8 Å². The van der Waals surface area contributed by atoms with Crippen molar-refractivity contribution in [1.82, 2.24) is 15.1 Å². The summed E-state index contributed by atoms with van der Waals surface area (Å²) in [5.41, 5.74) is -6.86. The van der Waals surface area contributed by atoms with Crippen molar-refractivity contribution in [1.29, 1.82) is 0 Å². The average Bonchev–Trinajstić information content (AvgIpc) is 3.32. The highest BCUT2D eigenvalue weighted by Crippen LogP contribution is 2.46. The van der Waals surface area contributed by atoms with Gasteiger partial charge in [0.2, 0.25) is 0 Å². The number of sulfone groups is 1. The number of anilines is 1. The molecule has 5 rings (SSSR count). The Hall–Kier alpha value is -4.08. The summed E-state index contributed by atoms with van der Waals surface area (Å²) in [6.45, 7) is 0. The quantitative estimate of drug-likeness (QED) is 0.297.